The Labute approximate surface area is 219 Å². The maximum atomic E-state index is 13.0. The van der Waals surface area contributed by atoms with Gasteiger partial charge in [-0.3, -0.25) is 9.59 Å². The molecule has 2 unspecified atom stereocenters. The van der Waals surface area contributed by atoms with Crippen LogP contribution in [0.5, 0.6) is 17.2 Å². The van der Waals surface area contributed by atoms with Crippen molar-refractivity contribution in [3.8, 4) is 17.2 Å². The lowest BCUT2D eigenvalue weighted by Gasteiger charge is -2.24. The maximum absolute atomic E-state index is 13.0. The topological polar surface area (TPSA) is 76.1 Å². The van der Waals surface area contributed by atoms with E-state index in [4.69, 9.17) is 32.9 Å². The standard InChI is InChI=1S/C28H25Cl2NO5/c29-24-14-22-21(28(33)34)12-13-35-25(22)15-26(24)36-20-10-8-19(9-11-20)27(32)31(30)16-23(18-6-7-18)17-4-2-1-3-5-17/h1-5,8-11,14-15,18,21,23H,6-7,12-13,16H2,(H,33,34). The minimum absolute atomic E-state index is 0.212. The SMILES string of the molecule is O=C(O)C1CCOc2cc(Oc3ccc(C(=O)N(Cl)CC(c4ccccc4)C4CC4)cc3)c(Cl)cc21. The van der Waals surface area contributed by atoms with Crippen LogP contribution in [0.1, 0.15) is 52.6 Å². The quantitative estimate of drug-likeness (QED) is 0.324. The summed E-state index contributed by atoms with van der Waals surface area (Å²) in [4.78, 5) is 24.5. The van der Waals surface area contributed by atoms with E-state index in [1.807, 2.05) is 18.2 Å². The maximum Gasteiger partial charge on any atom is 0.311 e. The number of carbonyl (C=O) groups excluding carboxylic acids is 1. The van der Waals surface area contributed by atoms with Gasteiger partial charge in [-0.2, -0.15) is 0 Å². The molecule has 186 valence electrons. The first-order valence-corrected chi connectivity index (χ1v) is 12.6. The van der Waals surface area contributed by atoms with Gasteiger partial charge in [-0.15, -0.1) is 0 Å². The van der Waals surface area contributed by atoms with Crippen LogP contribution in [0.25, 0.3) is 0 Å². The molecule has 3 aromatic rings. The van der Waals surface area contributed by atoms with Gasteiger partial charge in [0.15, 0.2) is 0 Å². The minimum atomic E-state index is -0.912. The lowest BCUT2D eigenvalue weighted by atomic mass is 9.93. The highest BCUT2D eigenvalue weighted by Gasteiger charge is 2.34. The Hall–Kier alpha value is -3.22. The van der Waals surface area contributed by atoms with Crippen LogP contribution < -0.4 is 9.47 Å². The Morgan fingerprint density at radius 3 is 2.44 bits per heavy atom. The van der Waals surface area contributed by atoms with E-state index in [1.54, 1.807) is 36.4 Å². The molecule has 5 rings (SSSR count). The average molecular weight is 526 g/mol. The molecule has 1 fully saturated rings. The fourth-order valence-electron chi connectivity index (χ4n) is 4.64. The second-order valence-electron chi connectivity index (χ2n) is 9.18. The molecule has 0 aromatic heterocycles. The van der Waals surface area contributed by atoms with E-state index in [0.29, 0.717) is 53.9 Å². The van der Waals surface area contributed by atoms with Gasteiger partial charge < -0.3 is 14.6 Å². The summed E-state index contributed by atoms with van der Waals surface area (Å²) in [6, 6.07) is 20.0. The van der Waals surface area contributed by atoms with E-state index in [9.17, 15) is 14.7 Å². The van der Waals surface area contributed by atoms with Crippen molar-refractivity contribution in [1.82, 2.24) is 4.42 Å². The molecule has 2 aliphatic rings. The van der Waals surface area contributed by atoms with Gasteiger partial charge >= 0.3 is 5.97 Å². The Bertz CT molecular complexity index is 1260. The number of hydrogen-bond donors (Lipinski definition) is 1. The number of carbonyl (C=O) groups is 2. The number of nitrogens with zero attached hydrogens (tertiary/aromatic N) is 1. The van der Waals surface area contributed by atoms with Gasteiger partial charge in [0.25, 0.3) is 5.91 Å². The van der Waals surface area contributed by atoms with E-state index in [0.717, 1.165) is 12.8 Å². The van der Waals surface area contributed by atoms with E-state index < -0.39 is 11.9 Å². The van der Waals surface area contributed by atoms with Gasteiger partial charge in [0.2, 0.25) is 0 Å². The minimum Gasteiger partial charge on any atom is -0.493 e. The zero-order valence-electron chi connectivity index (χ0n) is 19.4. The van der Waals surface area contributed by atoms with Gasteiger partial charge in [0.05, 0.1) is 17.5 Å². The molecule has 1 amide bonds. The van der Waals surface area contributed by atoms with Crippen molar-refractivity contribution in [3.05, 3.63) is 88.4 Å². The van der Waals surface area contributed by atoms with Crippen LogP contribution >= 0.6 is 23.4 Å². The van der Waals surface area contributed by atoms with Gasteiger partial charge in [-0.1, -0.05) is 41.9 Å². The van der Waals surface area contributed by atoms with Gasteiger partial charge in [0, 0.05) is 41.4 Å². The molecule has 1 N–H and O–H groups in total. The Kier molecular flexibility index (Phi) is 7.08. The van der Waals surface area contributed by atoms with Gasteiger partial charge in [-0.25, -0.2) is 4.42 Å². The summed E-state index contributed by atoms with van der Waals surface area (Å²) < 4.78 is 12.8. The van der Waals surface area contributed by atoms with Gasteiger partial charge in [-0.05, 0) is 61.1 Å². The molecule has 6 nitrogen and oxygen atoms in total. The number of fused-ring (bicyclic) bond motifs is 1. The van der Waals surface area contributed by atoms with Crippen LogP contribution in [0.4, 0.5) is 0 Å². The first-order valence-electron chi connectivity index (χ1n) is 11.9. The number of aliphatic carboxylic acids is 1. The Balaban J connectivity index is 1.27. The molecule has 2 atom stereocenters. The van der Waals surface area contributed by atoms with Crippen LogP contribution in [0, 0.1) is 5.92 Å². The second-order valence-corrected chi connectivity index (χ2v) is 9.99. The molecule has 36 heavy (non-hydrogen) atoms. The average Bonchev–Trinajstić information content (AvgIpc) is 3.73. The molecule has 1 heterocycles. The normalized spacial score (nSPS) is 17.4. The molecule has 3 aromatic carbocycles. The molecule has 1 saturated carbocycles. The molecular weight excluding hydrogens is 501 g/mol. The summed E-state index contributed by atoms with van der Waals surface area (Å²) in [5, 5.41) is 9.74. The van der Waals surface area contributed by atoms with E-state index in [1.165, 1.54) is 9.98 Å². The lowest BCUT2D eigenvalue weighted by molar-refractivity contribution is -0.139. The van der Waals surface area contributed by atoms with Crippen molar-refractivity contribution in [2.45, 2.75) is 31.1 Å². The van der Waals surface area contributed by atoms with Crippen LogP contribution in [0.15, 0.2) is 66.7 Å². The van der Waals surface area contributed by atoms with E-state index in [-0.39, 0.29) is 16.8 Å². The van der Waals surface area contributed by atoms with Crippen molar-refractivity contribution in [2.24, 2.45) is 5.92 Å². The second kappa shape index (κ2) is 10.4. The lowest BCUT2D eigenvalue weighted by Crippen LogP contribution is -2.27. The van der Waals surface area contributed by atoms with Crippen LogP contribution in [-0.4, -0.2) is 34.6 Å². The molecule has 1 aliphatic heterocycles. The number of benzene rings is 3. The molecule has 0 spiro atoms. The van der Waals surface area contributed by atoms with E-state index in [2.05, 4.69) is 12.1 Å². The molecule has 1 aliphatic carbocycles. The number of hydrogen-bond acceptors (Lipinski definition) is 4. The Morgan fingerprint density at radius 1 is 1.06 bits per heavy atom. The summed E-state index contributed by atoms with van der Waals surface area (Å²) in [6.45, 7) is 0.748. The fraction of sp³-hybridized carbons (Fsp3) is 0.286. The van der Waals surface area contributed by atoms with Crippen molar-refractivity contribution < 1.29 is 24.2 Å². The fourth-order valence-corrected chi connectivity index (χ4v) is 5.10. The van der Waals surface area contributed by atoms with Crippen molar-refractivity contribution in [3.63, 3.8) is 0 Å². The highest BCUT2D eigenvalue weighted by molar-refractivity contribution is 6.32. The van der Waals surface area contributed by atoms with Crippen molar-refractivity contribution in [2.75, 3.05) is 13.2 Å². The highest BCUT2D eigenvalue weighted by atomic mass is 35.5. The highest BCUT2D eigenvalue weighted by Crippen LogP contribution is 2.44. The third kappa shape index (κ3) is 5.30. The smallest absolute Gasteiger partial charge is 0.311 e. The molecular formula is C28H25Cl2NO5. The van der Waals surface area contributed by atoms with Crippen LogP contribution in [0.3, 0.4) is 0 Å². The summed E-state index contributed by atoms with van der Waals surface area (Å²) in [7, 11) is 0. The van der Waals surface area contributed by atoms with Crippen molar-refractivity contribution >= 4 is 35.3 Å². The predicted octanol–water partition coefficient (Wildman–Crippen LogP) is 6.87. The number of carboxylic acids is 1. The zero-order valence-corrected chi connectivity index (χ0v) is 20.9. The third-order valence-electron chi connectivity index (χ3n) is 6.73. The third-order valence-corrected chi connectivity index (χ3v) is 7.31. The molecule has 0 radical (unpaired) electrons. The number of carboxylic acid groups (broad SMARTS) is 1. The summed E-state index contributed by atoms with van der Waals surface area (Å²) in [6.07, 6.45) is 2.69. The molecule has 8 heteroatoms. The monoisotopic (exact) mass is 525 g/mol. The Morgan fingerprint density at radius 2 is 1.78 bits per heavy atom. The molecule has 0 bridgehead atoms. The summed E-state index contributed by atoms with van der Waals surface area (Å²) in [5.74, 6) is 0.175. The largest absolute Gasteiger partial charge is 0.493 e. The number of ether oxygens (including phenoxy) is 2. The van der Waals surface area contributed by atoms with Crippen LogP contribution in [0.2, 0.25) is 5.02 Å². The predicted molar refractivity (Wildman–Crippen MR) is 137 cm³/mol. The molecule has 0 saturated heterocycles. The van der Waals surface area contributed by atoms with E-state index >= 15 is 0 Å². The number of rotatable bonds is 8. The first-order chi connectivity index (χ1) is 17.4. The first kappa shape index (κ1) is 24.5. The number of amides is 1. The van der Waals surface area contributed by atoms with Crippen LogP contribution in [-0.2, 0) is 4.79 Å². The van der Waals surface area contributed by atoms with Gasteiger partial charge in [0.1, 0.15) is 17.2 Å². The summed E-state index contributed by atoms with van der Waals surface area (Å²) in [5.41, 5.74) is 2.18. The summed E-state index contributed by atoms with van der Waals surface area (Å²) >= 11 is 12.8. The van der Waals surface area contributed by atoms with Crippen molar-refractivity contribution in [1.29, 1.82) is 0 Å². The zero-order chi connectivity index (χ0) is 25.2. The number of halogens is 2.